The number of anilines is 2. The molecule has 1 saturated heterocycles. The SMILES string of the molecule is NNc1ncc(F)c(N2CCCC2C(N)=O)n1. The van der Waals surface area contributed by atoms with E-state index >= 15 is 0 Å². The summed E-state index contributed by atoms with van der Waals surface area (Å²) in [6.45, 7) is 0.533. The van der Waals surface area contributed by atoms with Gasteiger partial charge in [0.25, 0.3) is 0 Å². The molecule has 0 aromatic carbocycles. The summed E-state index contributed by atoms with van der Waals surface area (Å²) in [7, 11) is 0. The smallest absolute Gasteiger partial charge is 0.240 e. The molecule has 0 radical (unpaired) electrons. The van der Waals surface area contributed by atoms with Crippen LogP contribution in [0.4, 0.5) is 16.2 Å². The molecule has 8 heteroatoms. The van der Waals surface area contributed by atoms with Gasteiger partial charge in [0.15, 0.2) is 11.6 Å². The normalized spacial score (nSPS) is 19.4. The zero-order chi connectivity index (χ0) is 12.4. The summed E-state index contributed by atoms with van der Waals surface area (Å²) in [5, 5.41) is 0. The Hall–Kier alpha value is -1.96. The van der Waals surface area contributed by atoms with Crippen molar-refractivity contribution in [2.45, 2.75) is 18.9 Å². The van der Waals surface area contributed by atoms with Gasteiger partial charge in [0.2, 0.25) is 11.9 Å². The Morgan fingerprint density at radius 3 is 3.06 bits per heavy atom. The highest BCUT2D eigenvalue weighted by atomic mass is 19.1. The summed E-state index contributed by atoms with van der Waals surface area (Å²) in [4.78, 5) is 20.3. The van der Waals surface area contributed by atoms with Crippen LogP contribution in [0.25, 0.3) is 0 Å². The Morgan fingerprint density at radius 1 is 1.65 bits per heavy atom. The lowest BCUT2D eigenvalue weighted by Crippen LogP contribution is -2.41. The minimum atomic E-state index is -0.600. The van der Waals surface area contributed by atoms with Crippen LogP contribution in [0.2, 0.25) is 0 Å². The number of hydrogen-bond donors (Lipinski definition) is 3. The zero-order valence-corrected chi connectivity index (χ0v) is 9.06. The van der Waals surface area contributed by atoms with Crippen molar-refractivity contribution >= 4 is 17.7 Å². The fourth-order valence-electron chi connectivity index (χ4n) is 1.95. The molecule has 7 nitrogen and oxygen atoms in total. The van der Waals surface area contributed by atoms with Crippen LogP contribution in [0.3, 0.4) is 0 Å². The van der Waals surface area contributed by atoms with Crippen molar-refractivity contribution in [2.24, 2.45) is 11.6 Å². The monoisotopic (exact) mass is 240 g/mol. The quantitative estimate of drug-likeness (QED) is 0.478. The van der Waals surface area contributed by atoms with Gasteiger partial charge < -0.3 is 10.6 Å². The maximum atomic E-state index is 13.6. The summed E-state index contributed by atoms with van der Waals surface area (Å²) in [5.41, 5.74) is 7.49. The number of nitrogen functional groups attached to an aromatic ring is 1. The average molecular weight is 240 g/mol. The van der Waals surface area contributed by atoms with Crippen molar-refractivity contribution < 1.29 is 9.18 Å². The Bertz CT molecular complexity index is 439. The van der Waals surface area contributed by atoms with E-state index in [1.807, 2.05) is 0 Å². The maximum absolute atomic E-state index is 13.6. The zero-order valence-electron chi connectivity index (χ0n) is 9.06. The predicted octanol–water partition coefficient (Wildman–Crippen LogP) is -0.645. The van der Waals surface area contributed by atoms with E-state index in [2.05, 4.69) is 15.4 Å². The Kier molecular flexibility index (Phi) is 3.05. The molecule has 1 aromatic rings. The molecule has 1 amide bonds. The molecule has 5 N–H and O–H groups in total. The van der Waals surface area contributed by atoms with Crippen molar-refractivity contribution in [2.75, 3.05) is 16.9 Å². The average Bonchev–Trinajstić information content (AvgIpc) is 2.78. The second-order valence-corrected chi connectivity index (χ2v) is 3.76. The molecular weight excluding hydrogens is 227 g/mol. The molecule has 2 rings (SSSR count). The number of nitrogens with zero attached hydrogens (tertiary/aromatic N) is 3. The van der Waals surface area contributed by atoms with Crippen LogP contribution in [0.5, 0.6) is 0 Å². The van der Waals surface area contributed by atoms with E-state index in [4.69, 9.17) is 11.6 Å². The first-order chi connectivity index (χ1) is 8.13. The van der Waals surface area contributed by atoms with Gasteiger partial charge in [-0.25, -0.2) is 15.2 Å². The summed E-state index contributed by atoms with van der Waals surface area (Å²) in [6.07, 6.45) is 2.38. The van der Waals surface area contributed by atoms with Gasteiger partial charge in [0.05, 0.1) is 6.20 Å². The minimum absolute atomic E-state index is 0.0502. The Balaban J connectivity index is 2.35. The molecule has 1 unspecified atom stereocenters. The summed E-state index contributed by atoms with van der Waals surface area (Å²) < 4.78 is 13.6. The molecule has 1 aliphatic heterocycles. The van der Waals surface area contributed by atoms with Crippen molar-refractivity contribution in [3.8, 4) is 0 Å². The lowest BCUT2D eigenvalue weighted by Gasteiger charge is -2.23. The van der Waals surface area contributed by atoms with Gasteiger partial charge in [-0.05, 0) is 12.8 Å². The van der Waals surface area contributed by atoms with E-state index in [0.29, 0.717) is 13.0 Å². The van der Waals surface area contributed by atoms with E-state index in [9.17, 15) is 9.18 Å². The summed E-state index contributed by atoms with van der Waals surface area (Å²) in [5.74, 6) is 4.22. The number of nitrogens with one attached hydrogen (secondary N) is 1. The molecule has 1 fully saturated rings. The number of halogens is 1. The number of nitrogens with two attached hydrogens (primary N) is 2. The number of hydrazine groups is 1. The van der Waals surface area contributed by atoms with Gasteiger partial charge in [-0.15, -0.1) is 0 Å². The Morgan fingerprint density at radius 2 is 2.41 bits per heavy atom. The van der Waals surface area contributed by atoms with Crippen LogP contribution >= 0.6 is 0 Å². The molecule has 1 atom stereocenters. The first-order valence-corrected chi connectivity index (χ1v) is 5.18. The van der Waals surface area contributed by atoms with Crippen LogP contribution < -0.4 is 21.9 Å². The number of amides is 1. The number of primary amides is 1. The van der Waals surface area contributed by atoms with Gasteiger partial charge in [-0.3, -0.25) is 10.2 Å². The molecule has 92 valence electrons. The van der Waals surface area contributed by atoms with E-state index in [1.165, 1.54) is 0 Å². The first-order valence-electron chi connectivity index (χ1n) is 5.18. The number of rotatable bonds is 3. The van der Waals surface area contributed by atoms with E-state index in [0.717, 1.165) is 12.6 Å². The summed E-state index contributed by atoms with van der Waals surface area (Å²) in [6, 6.07) is -0.523. The lowest BCUT2D eigenvalue weighted by atomic mass is 10.2. The van der Waals surface area contributed by atoms with Crippen LogP contribution in [0, 0.1) is 5.82 Å². The van der Waals surface area contributed by atoms with Crippen LogP contribution in [-0.4, -0.2) is 28.5 Å². The second kappa shape index (κ2) is 4.50. The van der Waals surface area contributed by atoms with Crippen molar-refractivity contribution in [3.63, 3.8) is 0 Å². The number of hydrogen-bond acceptors (Lipinski definition) is 6. The molecular formula is C9H13FN6O. The standard InChI is InChI=1S/C9H13FN6O/c10-5-4-13-9(15-12)14-8(5)16-3-1-2-6(16)7(11)17/h4,6H,1-3,12H2,(H2,11,17)(H,13,14,15). The maximum Gasteiger partial charge on any atom is 0.240 e. The van der Waals surface area contributed by atoms with E-state index in [1.54, 1.807) is 4.90 Å². The highest BCUT2D eigenvalue weighted by molar-refractivity contribution is 5.84. The van der Waals surface area contributed by atoms with Gasteiger partial charge in [0.1, 0.15) is 6.04 Å². The molecule has 0 saturated carbocycles. The second-order valence-electron chi connectivity index (χ2n) is 3.76. The summed E-state index contributed by atoms with van der Waals surface area (Å²) >= 11 is 0. The molecule has 17 heavy (non-hydrogen) atoms. The lowest BCUT2D eigenvalue weighted by molar-refractivity contribution is -0.119. The van der Waals surface area contributed by atoms with Gasteiger partial charge in [-0.1, -0.05) is 0 Å². The van der Waals surface area contributed by atoms with Crippen molar-refractivity contribution in [1.82, 2.24) is 9.97 Å². The highest BCUT2D eigenvalue weighted by Crippen LogP contribution is 2.26. The fourth-order valence-corrected chi connectivity index (χ4v) is 1.95. The largest absolute Gasteiger partial charge is 0.368 e. The third kappa shape index (κ3) is 2.11. The minimum Gasteiger partial charge on any atom is -0.368 e. The third-order valence-electron chi connectivity index (χ3n) is 2.71. The molecule has 2 heterocycles. The van der Waals surface area contributed by atoms with Gasteiger partial charge in [-0.2, -0.15) is 4.98 Å². The first kappa shape index (κ1) is 11.5. The van der Waals surface area contributed by atoms with Crippen LogP contribution in [-0.2, 0) is 4.79 Å². The molecule has 1 aliphatic rings. The highest BCUT2D eigenvalue weighted by Gasteiger charge is 2.32. The topological polar surface area (TPSA) is 110 Å². The Labute approximate surface area is 97.0 Å². The van der Waals surface area contributed by atoms with E-state index < -0.39 is 17.8 Å². The molecule has 0 aliphatic carbocycles. The number of carbonyl (C=O) groups is 1. The number of aromatic nitrogens is 2. The van der Waals surface area contributed by atoms with Crippen molar-refractivity contribution in [3.05, 3.63) is 12.0 Å². The fraction of sp³-hybridized carbons (Fsp3) is 0.444. The number of carbonyl (C=O) groups excluding carboxylic acids is 1. The molecule has 1 aromatic heterocycles. The van der Waals surface area contributed by atoms with Gasteiger partial charge in [0, 0.05) is 6.54 Å². The predicted molar refractivity (Wildman–Crippen MR) is 59.4 cm³/mol. The van der Waals surface area contributed by atoms with Crippen molar-refractivity contribution in [1.29, 1.82) is 0 Å². The van der Waals surface area contributed by atoms with E-state index in [-0.39, 0.29) is 11.8 Å². The van der Waals surface area contributed by atoms with Crippen LogP contribution in [0.15, 0.2) is 6.20 Å². The van der Waals surface area contributed by atoms with Gasteiger partial charge >= 0.3 is 0 Å². The van der Waals surface area contributed by atoms with Crippen LogP contribution in [0.1, 0.15) is 12.8 Å². The third-order valence-corrected chi connectivity index (χ3v) is 2.71. The molecule has 0 spiro atoms. The molecule has 0 bridgehead atoms.